The molecule has 0 spiro atoms. The second-order valence-corrected chi connectivity index (χ2v) is 4.74. The minimum Gasteiger partial charge on any atom is -0.396 e. The number of carbonyl (C=O) groups is 1. The highest BCUT2D eigenvalue weighted by Gasteiger charge is 2.29. The maximum Gasteiger partial charge on any atom is 0.255 e. The average molecular weight is 264 g/mol. The number of hydrogen-bond donors (Lipinski definition) is 3. The quantitative estimate of drug-likeness (QED) is 0.521. The van der Waals surface area contributed by atoms with E-state index < -0.39 is 0 Å². The van der Waals surface area contributed by atoms with E-state index in [1.54, 1.807) is 12.1 Å². The first kappa shape index (κ1) is 13.8. The van der Waals surface area contributed by atoms with E-state index in [-0.39, 0.29) is 12.5 Å². The lowest BCUT2D eigenvalue weighted by Gasteiger charge is -2.37. The van der Waals surface area contributed by atoms with Gasteiger partial charge in [0.2, 0.25) is 0 Å². The number of nitrogens with one attached hydrogen (secondary N) is 1. The Morgan fingerprint density at radius 3 is 2.79 bits per heavy atom. The van der Waals surface area contributed by atoms with Crippen molar-refractivity contribution in [1.29, 1.82) is 0 Å². The van der Waals surface area contributed by atoms with Gasteiger partial charge in [-0.05, 0) is 37.8 Å². The number of hydrazine groups is 1. The van der Waals surface area contributed by atoms with Crippen LogP contribution in [0.15, 0.2) is 18.3 Å². The Kier molecular flexibility index (Phi) is 4.70. The van der Waals surface area contributed by atoms with Gasteiger partial charge in [0.15, 0.2) is 0 Å². The van der Waals surface area contributed by atoms with Gasteiger partial charge >= 0.3 is 0 Å². The van der Waals surface area contributed by atoms with Crippen LogP contribution in [0.1, 0.15) is 36.0 Å². The third kappa shape index (κ3) is 3.21. The number of nitrogen functional groups attached to an aromatic ring is 1. The molecule has 1 aromatic rings. The minimum absolute atomic E-state index is 0.0192. The monoisotopic (exact) mass is 264 g/mol. The molecule has 0 unspecified atom stereocenters. The Labute approximate surface area is 112 Å². The predicted octanol–water partition coefficient (Wildman–Crippen LogP) is 0.744. The van der Waals surface area contributed by atoms with Gasteiger partial charge in [0.05, 0.1) is 5.56 Å². The number of nitrogens with zero attached hydrogens (tertiary/aromatic N) is 2. The van der Waals surface area contributed by atoms with Crippen LogP contribution in [0.25, 0.3) is 0 Å². The van der Waals surface area contributed by atoms with Crippen LogP contribution in [0.2, 0.25) is 0 Å². The number of aromatic nitrogens is 1. The largest absolute Gasteiger partial charge is 0.396 e. The van der Waals surface area contributed by atoms with E-state index in [0.29, 0.717) is 30.4 Å². The van der Waals surface area contributed by atoms with Gasteiger partial charge in [-0.25, -0.2) is 10.8 Å². The fourth-order valence-electron chi connectivity index (χ4n) is 2.16. The van der Waals surface area contributed by atoms with Crippen LogP contribution in [0.5, 0.6) is 0 Å². The lowest BCUT2D eigenvalue weighted by Crippen LogP contribution is -2.45. The summed E-state index contributed by atoms with van der Waals surface area (Å²) in [5.41, 5.74) is 2.99. The number of amides is 1. The summed E-state index contributed by atoms with van der Waals surface area (Å²) in [4.78, 5) is 18.3. The summed E-state index contributed by atoms with van der Waals surface area (Å²) in [6.07, 6.45) is 5.40. The molecule has 104 valence electrons. The Balaban J connectivity index is 2.08. The van der Waals surface area contributed by atoms with Crippen molar-refractivity contribution in [2.45, 2.75) is 31.7 Å². The summed E-state index contributed by atoms with van der Waals surface area (Å²) in [7, 11) is 0. The molecule has 1 fully saturated rings. The zero-order chi connectivity index (χ0) is 13.7. The number of aliphatic hydroxyl groups excluding tert-OH is 1. The van der Waals surface area contributed by atoms with Crippen LogP contribution in [-0.2, 0) is 0 Å². The Bertz CT molecular complexity index is 417. The predicted molar refractivity (Wildman–Crippen MR) is 72.4 cm³/mol. The van der Waals surface area contributed by atoms with Crippen molar-refractivity contribution in [2.75, 3.05) is 18.6 Å². The number of anilines is 1. The molecule has 0 bridgehead atoms. The Morgan fingerprint density at radius 1 is 1.53 bits per heavy atom. The fourth-order valence-corrected chi connectivity index (χ4v) is 2.16. The maximum atomic E-state index is 12.4. The van der Waals surface area contributed by atoms with E-state index in [0.717, 1.165) is 12.8 Å². The molecule has 0 atom stereocenters. The molecule has 4 N–H and O–H groups in total. The van der Waals surface area contributed by atoms with Crippen molar-refractivity contribution >= 4 is 11.7 Å². The third-order valence-corrected chi connectivity index (χ3v) is 3.49. The van der Waals surface area contributed by atoms with Gasteiger partial charge in [0, 0.05) is 25.4 Å². The molecule has 0 aromatic carbocycles. The van der Waals surface area contributed by atoms with E-state index in [1.807, 2.05) is 4.90 Å². The molecular weight excluding hydrogens is 244 g/mol. The molecule has 2 rings (SSSR count). The van der Waals surface area contributed by atoms with Crippen molar-refractivity contribution in [1.82, 2.24) is 9.88 Å². The molecule has 1 aliphatic rings. The van der Waals surface area contributed by atoms with Gasteiger partial charge in [0.1, 0.15) is 5.82 Å². The molecule has 0 aliphatic heterocycles. The SMILES string of the molecule is NNc1ccc(C(=O)N(CCCO)C2CCC2)cn1. The lowest BCUT2D eigenvalue weighted by atomic mass is 9.91. The van der Waals surface area contributed by atoms with Crippen LogP contribution < -0.4 is 11.3 Å². The number of pyridine rings is 1. The summed E-state index contributed by atoms with van der Waals surface area (Å²) in [6, 6.07) is 3.71. The normalized spacial score (nSPS) is 14.8. The number of rotatable bonds is 6. The molecule has 6 heteroatoms. The highest BCUT2D eigenvalue weighted by Crippen LogP contribution is 2.26. The molecule has 0 saturated heterocycles. The van der Waals surface area contributed by atoms with Crippen LogP contribution in [0.3, 0.4) is 0 Å². The first-order chi connectivity index (χ1) is 9.26. The number of aliphatic hydroxyl groups is 1. The standard InChI is InChI=1S/C13H20N4O2/c14-16-12-6-5-10(9-15-12)13(19)17(7-2-8-18)11-3-1-4-11/h5-6,9,11,18H,1-4,7-8,14H2,(H,15,16). The number of hydrogen-bond acceptors (Lipinski definition) is 5. The van der Waals surface area contributed by atoms with Crippen molar-refractivity contribution in [3.8, 4) is 0 Å². The summed E-state index contributed by atoms with van der Waals surface area (Å²) in [6.45, 7) is 0.696. The Hall–Kier alpha value is -1.66. The van der Waals surface area contributed by atoms with E-state index in [4.69, 9.17) is 10.9 Å². The van der Waals surface area contributed by atoms with Crippen molar-refractivity contribution in [3.63, 3.8) is 0 Å². The first-order valence-corrected chi connectivity index (χ1v) is 6.60. The zero-order valence-corrected chi connectivity index (χ0v) is 10.9. The van der Waals surface area contributed by atoms with Crippen molar-refractivity contribution in [3.05, 3.63) is 23.9 Å². The number of nitrogens with two attached hydrogens (primary N) is 1. The maximum absolute atomic E-state index is 12.4. The lowest BCUT2D eigenvalue weighted by molar-refractivity contribution is 0.0562. The highest BCUT2D eigenvalue weighted by atomic mass is 16.3. The van der Waals surface area contributed by atoms with Gasteiger partial charge in [-0.2, -0.15) is 0 Å². The molecule has 6 nitrogen and oxygen atoms in total. The van der Waals surface area contributed by atoms with E-state index >= 15 is 0 Å². The van der Waals surface area contributed by atoms with Crippen LogP contribution in [0.4, 0.5) is 5.82 Å². The molecule has 1 saturated carbocycles. The van der Waals surface area contributed by atoms with Crippen molar-refractivity contribution < 1.29 is 9.90 Å². The topological polar surface area (TPSA) is 91.5 Å². The molecule has 0 radical (unpaired) electrons. The molecule has 19 heavy (non-hydrogen) atoms. The van der Waals surface area contributed by atoms with Crippen LogP contribution >= 0.6 is 0 Å². The molecular formula is C13H20N4O2. The molecule has 1 amide bonds. The van der Waals surface area contributed by atoms with E-state index in [1.165, 1.54) is 12.6 Å². The number of carbonyl (C=O) groups excluding carboxylic acids is 1. The fraction of sp³-hybridized carbons (Fsp3) is 0.538. The van der Waals surface area contributed by atoms with E-state index in [9.17, 15) is 4.79 Å². The van der Waals surface area contributed by atoms with Crippen LogP contribution in [-0.4, -0.2) is 40.1 Å². The average Bonchev–Trinajstić information content (AvgIpc) is 2.40. The van der Waals surface area contributed by atoms with Crippen LogP contribution in [0, 0.1) is 0 Å². The van der Waals surface area contributed by atoms with Gasteiger partial charge in [0.25, 0.3) is 5.91 Å². The van der Waals surface area contributed by atoms with Gasteiger partial charge in [-0.3, -0.25) is 4.79 Å². The van der Waals surface area contributed by atoms with Gasteiger partial charge < -0.3 is 15.4 Å². The second kappa shape index (κ2) is 6.49. The summed E-state index contributed by atoms with van der Waals surface area (Å²) >= 11 is 0. The molecule has 1 aliphatic carbocycles. The van der Waals surface area contributed by atoms with Gasteiger partial charge in [-0.1, -0.05) is 0 Å². The molecule has 1 heterocycles. The highest BCUT2D eigenvalue weighted by molar-refractivity contribution is 5.94. The third-order valence-electron chi connectivity index (χ3n) is 3.49. The van der Waals surface area contributed by atoms with Gasteiger partial charge in [-0.15, -0.1) is 0 Å². The summed E-state index contributed by atoms with van der Waals surface area (Å²) in [5.74, 6) is 5.76. The van der Waals surface area contributed by atoms with Crippen molar-refractivity contribution in [2.24, 2.45) is 5.84 Å². The summed E-state index contributed by atoms with van der Waals surface area (Å²) < 4.78 is 0. The summed E-state index contributed by atoms with van der Waals surface area (Å²) in [5, 5.41) is 8.94. The second-order valence-electron chi connectivity index (χ2n) is 4.74. The zero-order valence-electron chi connectivity index (χ0n) is 10.9. The first-order valence-electron chi connectivity index (χ1n) is 6.60. The van der Waals surface area contributed by atoms with E-state index in [2.05, 4.69) is 10.4 Å². The Morgan fingerprint density at radius 2 is 2.32 bits per heavy atom. The minimum atomic E-state index is -0.0192. The molecule has 1 aromatic heterocycles. The smallest absolute Gasteiger partial charge is 0.255 e.